The molecule has 1 aliphatic heterocycles. The maximum Gasteiger partial charge on any atom is 0.338 e. The summed E-state index contributed by atoms with van der Waals surface area (Å²) in [6.45, 7) is 1.65. The van der Waals surface area contributed by atoms with Crippen LogP contribution in [0.25, 0.3) is 10.9 Å². The fourth-order valence-electron chi connectivity index (χ4n) is 2.82. The van der Waals surface area contributed by atoms with E-state index in [0.717, 1.165) is 35.1 Å². The summed E-state index contributed by atoms with van der Waals surface area (Å²) in [5.74, 6) is 0.390. The summed E-state index contributed by atoms with van der Waals surface area (Å²) in [7, 11) is 5.06. The smallest absolute Gasteiger partial charge is 0.338 e. The summed E-state index contributed by atoms with van der Waals surface area (Å²) in [6.07, 6.45) is 0.845. The zero-order valence-corrected chi connectivity index (χ0v) is 12.5. The van der Waals surface area contributed by atoms with Crippen molar-refractivity contribution < 1.29 is 14.3 Å². The second-order valence-electron chi connectivity index (χ2n) is 5.27. The fraction of sp³-hybridized carbons (Fsp3) is 0.375. The van der Waals surface area contributed by atoms with Gasteiger partial charge in [-0.2, -0.15) is 0 Å². The van der Waals surface area contributed by atoms with Crippen molar-refractivity contribution in [2.45, 2.75) is 13.0 Å². The lowest BCUT2D eigenvalue weighted by Gasteiger charge is -2.26. The van der Waals surface area contributed by atoms with Gasteiger partial charge in [-0.3, -0.25) is 4.98 Å². The van der Waals surface area contributed by atoms with Crippen LogP contribution >= 0.6 is 0 Å². The summed E-state index contributed by atoms with van der Waals surface area (Å²) in [6, 6.07) is 5.60. The molecule has 5 heteroatoms. The lowest BCUT2D eigenvalue weighted by Crippen LogP contribution is -2.29. The largest absolute Gasteiger partial charge is 0.497 e. The monoisotopic (exact) mass is 286 g/mol. The Kier molecular flexibility index (Phi) is 3.51. The topological polar surface area (TPSA) is 51.7 Å². The van der Waals surface area contributed by atoms with E-state index in [1.807, 2.05) is 25.2 Å². The highest BCUT2D eigenvalue weighted by Crippen LogP contribution is 2.30. The first kappa shape index (κ1) is 13.8. The van der Waals surface area contributed by atoms with Crippen molar-refractivity contribution >= 4 is 16.9 Å². The number of fused-ring (bicyclic) bond motifs is 2. The number of carbonyl (C=O) groups excluding carboxylic acids is 1. The molecule has 0 unspecified atom stereocenters. The van der Waals surface area contributed by atoms with Crippen LogP contribution in [0.1, 0.15) is 21.6 Å². The zero-order chi connectivity index (χ0) is 15.0. The molecule has 1 aromatic carbocycles. The third-order valence-corrected chi connectivity index (χ3v) is 3.93. The predicted molar refractivity (Wildman–Crippen MR) is 79.7 cm³/mol. The molecule has 0 atom stereocenters. The highest BCUT2D eigenvalue weighted by atomic mass is 16.5. The summed E-state index contributed by atoms with van der Waals surface area (Å²) in [5.41, 5.74) is 3.38. The van der Waals surface area contributed by atoms with E-state index in [4.69, 9.17) is 14.5 Å². The van der Waals surface area contributed by atoms with Crippen molar-refractivity contribution in [2.24, 2.45) is 0 Å². The van der Waals surface area contributed by atoms with Gasteiger partial charge in [0.05, 0.1) is 25.3 Å². The molecule has 0 spiro atoms. The van der Waals surface area contributed by atoms with E-state index in [-0.39, 0.29) is 5.97 Å². The number of benzene rings is 1. The Balaban J connectivity index is 2.32. The molecular weight excluding hydrogens is 268 g/mol. The Bertz CT molecular complexity index is 712. The number of esters is 1. The maximum atomic E-state index is 12.3. The van der Waals surface area contributed by atoms with Crippen molar-refractivity contribution in [1.82, 2.24) is 9.88 Å². The minimum atomic E-state index is -0.317. The molecule has 0 saturated heterocycles. The summed E-state index contributed by atoms with van der Waals surface area (Å²) >= 11 is 0. The molecule has 2 heterocycles. The van der Waals surface area contributed by atoms with E-state index in [1.54, 1.807) is 7.11 Å². The first-order valence-corrected chi connectivity index (χ1v) is 6.90. The Morgan fingerprint density at radius 3 is 2.86 bits per heavy atom. The summed E-state index contributed by atoms with van der Waals surface area (Å²) in [5, 5.41) is 0.787. The van der Waals surface area contributed by atoms with Gasteiger partial charge in [0.2, 0.25) is 0 Å². The third kappa shape index (κ3) is 2.34. The van der Waals surface area contributed by atoms with Crippen LogP contribution in [0.5, 0.6) is 5.75 Å². The Hall–Kier alpha value is -2.14. The van der Waals surface area contributed by atoms with E-state index in [9.17, 15) is 4.79 Å². The molecule has 0 N–H and O–H groups in total. The molecular formula is C16H18N2O3. The van der Waals surface area contributed by atoms with E-state index >= 15 is 0 Å². The van der Waals surface area contributed by atoms with Crippen LogP contribution in [0.15, 0.2) is 18.2 Å². The van der Waals surface area contributed by atoms with Gasteiger partial charge in [-0.25, -0.2) is 4.79 Å². The maximum absolute atomic E-state index is 12.3. The second kappa shape index (κ2) is 5.33. The molecule has 21 heavy (non-hydrogen) atoms. The molecule has 0 saturated carbocycles. The standard InChI is InChI=1S/C16H18N2O3/c1-18-7-6-14-12(9-18)15(16(19)21-3)11-8-10(20-2)4-5-13(11)17-14/h4-5,8H,6-7,9H2,1-3H3. The average molecular weight is 286 g/mol. The second-order valence-corrected chi connectivity index (χ2v) is 5.27. The van der Waals surface area contributed by atoms with Crippen LogP contribution in [0.2, 0.25) is 0 Å². The van der Waals surface area contributed by atoms with Crippen molar-refractivity contribution in [3.63, 3.8) is 0 Å². The van der Waals surface area contributed by atoms with Gasteiger partial charge in [0.15, 0.2) is 0 Å². The minimum absolute atomic E-state index is 0.317. The predicted octanol–water partition coefficient (Wildman–Crippen LogP) is 2.02. The number of likely N-dealkylation sites (N-methyl/N-ethyl adjacent to an activating group) is 1. The molecule has 0 fully saturated rings. The van der Waals surface area contributed by atoms with Gasteiger partial charge in [0, 0.05) is 36.2 Å². The number of aromatic nitrogens is 1. The van der Waals surface area contributed by atoms with Crippen LogP contribution in [-0.4, -0.2) is 43.7 Å². The van der Waals surface area contributed by atoms with Crippen molar-refractivity contribution in [2.75, 3.05) is 27.8 Å². The highest BCUT2D eigenvalue weighted by molar-refractivity contribution is 6.05. The Labute approximate surface area is 123 Å². The number of nitrogens with zero attached hydrogens (tertiary/aromatic N) is 2. The van der Waals surface area contributed by atoms with Crippen LogP contribution in [0.3, 0.4) is 0 Å². The number of ether oxygens (including phenoxy) is 2. The molecule has 1 aliphatic rings. The molecule has 1 aromatic heterocycles. The number of hydrogen-bond acceptors (Lipinski definition) is 5. The Morgan fingerprint density at radius 2 is 2.14 bits per heavy atom. The van der Waals surface area contributed by atoms with Crippen molar-refractivity contribution in [1.29, 1.82) is 0 Å². The van der Waals surface area contributed by atoms with E-state index in [1.165, 1.54) is 7.11 Å². The van der Waals surface area contributed by atoms with Gasteiger partial charge >= 0.3 is 5.97 Å². The van der Waals surface area contributed by atoms with Crippen LogP contribution in [0, 0.1) is 0 Å². The van der Waals surface area contributed by atoms with E-state index < -0.39 is 0 Å². The van der Waals surface area contributed by atoms with E-state index in [0.29, 0.717) is 17.9 Å². The van der Waals surface area contributed by atoms with E-state index in [2.05, 4.69) is 4.90 Å². The highest BCUT2D eigenvalue weighted by Gasteiger charge is 2.25. The zero-order valence-electron chi connectivity index (χ0n) is 12.5. The van der Waals surface area contributed by atoms with Crippen LogP contribution in [0.4, 0.5) is 0 Å². The first-order valence-electron chi connectivity index (χ1n) is 6.90. The molecule has 0 radical (unpaired) electrons. The number of carbonyl (C=O) groups is 1. The molecule has 110 valence electrons. The fourth-order valence-corrected chi connectivity index (χ4v) is 2.82. The summed E-state index contributed by atoms with van der Waals surface area (Å²) in [4.78, 5) is 19.2. The molecule has 0 bridgehead atoms. The number of pyridine rings is 1. The normalized spacial score (nSPS) is 14.8. The number of methoxy groups -OCH3 is 2. The van der Waals surface area contributed by atoms with Crippen LogP contribution < -0.4 is 4.74 Å². The molecule has 5 nitrogen and oxygen atoms in total. The summed E-state index contributed by atoms with van der Waals surface area (Å²) < 4.78 is 10.3. The lowest BCUT2D eigenvalue weighted by atomic mass is 9.96. The number of hydrogen-bond donors (Lipinski definition) is 0. The molecule has 3 rings (SSSR count). The molecule has 0 aliphatic carbocycles. The molecule has 0 amide bonds. The van der Waals surface area contributed by atoms with Crippen LogP contribution in [-0.2, 0) is 17.7 Å². The van der Waals surface area contributed by atoms with Gasteiger partial charge in [-0.15, -0.1) is 0 Å². The van der Waals surface area contributed by atoms with Gasteiger partial charge in [0.25, 0.3) is 0 Å². The van der Waals surface area contributed by atoms with Crippen molar-refractivity contribution in [3.05, 3.63) is 35.0 Å². The third-order valence-electron chi connectivity index (χ3n) is 3.93. The average Bonchev–Trinajstić information content (AvgIpc) is 2.51. The molecule has 2 aromatic rings. The number of rotatable bonds is 2. The van der Waals surface area contributed by atoms with Gasteiger partial charge in [0.1, 0.15) is 5.75 Å². The van der Waals surface area contributed by atoms with Gasteiger partial charge < -0.3 is 14.4 Å². The first-order chi connectivity index (χ1) is 10.1. The van der Waals surface area contributed by atoms with Gasteiger partial charge in [-0.1, -0.05) is 0 Å². The quantitative estimate of drug-likeness (QED) is 0.791. The lowest BCUT2D eigenvalue weighted by molar-refractivity contribution is 0.0600. The minimum Gasteiger partial charge on any atom is -0.497 e. The van der Waals surface area contributed by atoms with Gasteiger partial charge in [-0.05, 0) is 25.2 Å². The van der Waals surface area contributed by atoms with Crippen molar-refractivity contribution in [3.8, 4) is 5.75 Å². The Morgan fingerprint density at radius 1 is 1.33 bits per heavy atom. The SMILES string of the molecule is COC(=O)c1c2c(nc3ccc(OC)cc13)CCN(C)C2.